The Morgan fingerprint density at radius 2 is 2.05 bits per heavy atom. The number of pyridine rings is 1. The molecule has 1 N–H and O–H groups in total. The fourth-order valence-corrected chi connectivity index (χ4v) is 3.44. The predicted octanol–water partition coefficient (Wildman–Crippen LogP) is -0.493. The number of piperazine rings is 1. The maximum absolute atomic E-state index is 12.4. The molecule has 0 spiro atoms. The van der Waals surface area contributed by atoms with E-state index in [2.05, 4.69) is 10.3 Å². The molecule has 0 atom stereocenters. The van der Waals surface area contributed by atoms with Crippen LogP contribution < -0.4 is 5.32 Å². The van der Waals surface area contributed by atoms with Crippen molar-refractivity contribution < 1.29 is 18.0 Å². The molecule has 1 aromatic heterocycles. The van der Waals surface area contributed by atoms with Gasteiger partial charge in [0.05, 0.1) is 6.54 Å². The van der Waals surface area contributed by atoms with Crippen LogP contribution in [0.1, 0.15) is 13.8 Å². The van der Waals surface area contributed by atoms with Gasteiger partial charge in [0.2, 0.25) is 21.8 Å². The highest BCUT2D eigenvalue weighted by atomic mass is 32.2. The quantitative estimate of drug-likeness (QED) is 0.739. The van der Waals surface area contributed by atoms with Crippen LogP contribution in [0.2, 0.25) is 0 Å². The predicted molar refractivity (Wildman–Crippen MR) is 65.4 cm³/mol. The van der Waals surface area contributed by atoms with Gasteiger partial charge in [0, 0.05) is 12.4 Å². The Morgan fingerprint density at radius 3 is 2.63 bits per heavy atom. The number of hydrogen-bond donors (Lipinski definition) is 1. The maximum atomic E-state index is 12.4. The molecule has 0 aliphatic carbocycles. The number of carbonyl (C=O) groups excluding carboxylic acids is 2. The Hall–Kier alpha value is -1.80. The average Bonchev–Trinajstić information content (AvgIpc) is 2.35. The van der Waals surface area contributed by atoms with Crippen LogP contribution >= 0.6 is 0 Å². The minimum absolute atomic E-state index is 0.0504. The summed E-state index contributed by atoms with van der Waals surface area (Å²) in [6.07, 6.45) is 2.63. The molecule has 1 aromatic rings. The second-order valence-corrected chi connectivity index (χ2v) is 6.50. The highest BCUT2D eigenvalue weighted by Crippen LogP contribution is 2.26. The van der Waals surface area contributed by atoms with Gasteiger partial charge in [0.25, 0.3) is 0 Å². The summed E-state index contributed by atoms with van der Waals surface area (Å²) in [5.41, 5.74) is -1.33. The molecule has 8 heteroatoms. The standard InChI is InChI=1S/C11H13N3O4S/c1-11(2)10(16)13-9(15)7-14(11)19(17,18)8-4-3-5-12-6-8/h3-6H,7H2,1-2H3,(H,13,15,16). The van der Waals surface area contributed by atoms with E-state index in [-0.39, 0.29) is 4.90 Å². The van der Waals surface area contributed by atoms with Crippen LogP contribution in [0, 0.1) is 0 Å². The Morgan fingerprint density at radius 1 is 1.37 bits per heavy atom. The molecule has 1 saturated heterocycles. The van der Waals surface area contributed by atoms with Crippen molar-refractivity contribution in [2.45, 2.75) is 24.3 Å². The minimum atomic E-state index is -3.95. The third-order valence-electron chi connectivity index (χ3n) is 2.94. The highest BCUT2D eigenvalue weighted by Gasteiger charge is 2.47. The molecule has 0 bridgehead atoms. The normalized spacial score (nSPS) is 20.1. The number of aromatic nitrogens is 1. The van der Waals surface area contributed by atoms with E-state index in [0.29, 0.717) is 0 Å². The summed E-state index contributed by atoms with van der Waals surface area (Å²) in [6, 6.07) is 2.85. The Labute approximate surface area is 110 Å². The minimum Gasteiger partial charge on any atom is -0.294 e. The van der Waals surface area contributed by atoms with E-state index >= 15 is 0 Å². The van der Waals surface area contributed by atoms with Crippen LogP contribution in [0.3, 0.4) is 0 Å². The van der Waals surface area contributed by atoms with Gasteiger partial charge in [-0.1, -0.05) is 0 Å². The van der Waals surface area contributed by atoms with Gasteiger partial charge in [-0.3, -0.25) is 19.9 Å². The van der Waals surface area contributed by atoms with E-state index in [0.717, 1.165) is 4.31 Å². The molecule has 0 unspecified atom stereocenters. The smallest absolute Gasteiger partial charge is 0.247 e. The van der Waals surface area contributed by atoms with Crippen molar-refractivity contribution in [2.75, 3.05) is 6.54 Å². The van der Waals surface area contributed by atoms with Crippen molar-refractivity contribution in [2.24, 2.45) is 0 Å². The number of nitrogens with zero attached hydrogens (tertiary/aromatic N) is 2. The zero-order chi connectivity index (χ0) is 14.3. The monoisotopic (exact) mass is 283 g/mol. The Bertz CT molecular complexity index is 625. The van der Waals surface area contributed by atoms with Gasteiger partial charge in [0.1, 0.15) is 10.4 Å². The average molecular weight is 283 g/mol. The van der Waals surface area contributed by atoms with Gasteiger partial charge in [-0.05, 0) is 26.0 Å². The second-order valence-electron chi connectivity index (χ2n) is 4.64. The summed E-state index contributed by atoms with van der Waals surface area (Å²) >= 11 is 0. The zero-order valence-electron chi connectivity index (χ0n) is 10.5. The highest BCUT2D eigenvalue weighted by molar-refractivity contribution is 7.89. The van der Waals surface area contributed by atoms with E-state index in [9.17, 15) is 18.0 Å². The van der Waals surface area contributed by atoms with E-state index in [4.69, 9.17) is 0 Å². The maximum Gasteiger partial charge on any atom is 0.247 e. The van der Waals surface area contributed by atoms with Gasteiger partial charge in [-0.15, -0.1) is 0 Å². The lowest BCUT2D eigenvalue weighted by Crippen LogP contribution is -2.65. The van der Waals surface area contributed by atoms with Gasteiger partial charge in [-0.2, -0.15) is 4.31 Å². The van der Waals surface area contributed by atoms with Crippen LogP contribution in [0.5, 0.6) is 0 Å². The van der Waals surface area contributed by atoms with Crippen LogP contribution in [-0.4, -0.2) is 41.6 Å². The summed E-state index contributed by atoms with van der Waals surface area (Å²) in [4.78, 5) is 26.8. The van der Waals surface area contributed by atoms with E-state index in [1.54, 1.807) is 0 Å². The number of sulfonamides is 1. The molecule has 0 aromatic carbocycles. The lowest BCUT2D eigenvalue weighted by molar-refractivity contribution is -0.141. The summed E-state index contributed by atoms with van der Waals surface area (Å²) in [5, 5.41) is 2.12. The molecule has 1 aliphatic rings. The fraction of sp³-hybridized carbons (Fsp3) is 0.364. The molecule has 1 aliphatic heterocycles. The summed E-state index contributed by atoms with van der Waals surface area (Å²) in [6.45, 7) is 2.50. The van der Waals surface area contributed by atoms with Gasteiger partial charge in [0.15, 0.2) is 0 Å². The van der Waals surface area contributed by atoms with Crippen LogP contribution in [-0.2, 0) is 19.6 Å². The molecular weight excluding hydrogens is 270 g/mol. The van der Waals surface area contributed by atoms with Crippen LogP contribution in [0.25, 0.3) is 0 Å². The third kappa shape index (κ3) is 2.24. The molecule has 102 valence electrons. The van der Waals surface area contributed by atoms with Crippen molar-refractivity contribution in [3.8, 4) is 0 Å². The number of hydrogen-bond acceptors (Lipinski definition) is 5. The third-order valence-corrected chi connectivity index (χ3v) is 4.94. The first kappa shape index (κ1) is 13.6. The van der Waals surface area contributed by atoms with Crippen molar-refractivity contribution in [1.82, 2.24) is 14.6 Å². The van der Waals surface area contributed by atoms with Gasteiger partial charge >= 0.3 is 0 Å². The SMILES string of the molecule is CC1(C)C(=O)NC(=O)CN1S(=O)(=O)c1cccnc1. The lowest BCUT2D eigenvalue weighted by atomic mass is 10.0. The first-order valence-electron chi connectivity index (χ1n) is 5.53. The van der Waals surface area contributed by atoms with E-state index < -0.39 is 33.9 Å². The van der Waals surface area contributed by atoms with Crippen LogP contribution in [0.4, 0.5) is 0 Å². The first-order chi connectivity index (χ1) is 8.76. The molecule has 19 heavy (non-hydrogen) atoms. The Balaban J connectivity index is 2.50. The number of amides is 2. The summed E-state index contributed by atoms with van der Waals surface area (Å²) in [5.74, 6) is -1.28. The number of imide groups is 1. The van der Waals surface area contributed by atoms with E-state index in [1.165, 1.54) is 38.4 Å². The molecule has 0 radical (unpaired) electrons. The second kappa shape index (κ2) is 4.39. The first-order valence-corrected chi connectivity index (χ1v) is 6.97. The molecule has 1 fully saturated rings. The van der Waals surface area contributed by atoms with Crippen molar-refractivity contribution in [3.63, 3.8) is 0 Å². The Kier molecular flexibility index (Phi) is 3.15. The fourth-order valence-electron chi connectivity index (χ4n) is 1.77. The summed E-state index contributed by atoms with van der Waals surface area (Å²) < 4.78 is 25.8. The number of nitrogens with one attached hydrogen (secondary N) is 1. The van der Waals surface area contributed by atoms with Crippen molar-refractivity contribution >= 4 is 21.8 Å². The molecular formula is C11H13N3O4S. The molecule has 7 nitrogen and oxygen atoms in total. The summed E-state index contributed by atoms with van der Waals surface area (Å²) in [7, 11) is -3.95. The molecule has 0 saturated carbocycles. The molecule has 2 amide bonds. The molecule has 2 heterocycles. The van der Waals surface area contributed by atoms with Gasteiger partial charge < -0.3 is 0 Å². The van der Waals surface area contributed by atoms with E-state index in [1.807, 2.05) is 0 Å². The lowest BCUT2D eigenvalue weighted by Gasteiger charge is -2.38. The molecule has 2 rings (SSSR count). The van der Waals surface area contributed by atoms with Crippen molar-refractivity contribution in [3.05, 3.63) is 24.5 Å². The number of rotatable bonds is 2. The topological polar surface area (TPSA) is 96.4 Å². The largest absolute Gasteiger partial charge is 0.294 e. The van der Waals surface area contributed by atoms with Gasteiger partial charge in [-0.25, -0.2) is 8.42 Å². The number of carbonyl (C=O) groups is 2. The zero-order valence-corrected chi connectivity index (χ0v) is 11.3. The van der Waals surface area contributed by atoms with Crippen molar-refractivity contribution in [1.29, 1.82) is 0 Å². The van der Waals surface area contributed by atoms with Crippen LogP contribution in [0.15, 0.2) is 29.4 Å².